The molecule has 0 radical (unpaired) electrons. The zero-order chi connectivity index (χ0) is 12.2. The molecule has 0 spiro atoms. The van der Waals surface area contributed by atoms with Gasteiger partial charge in [0.25, 0.3) is 0 Å². The van der Waals surface area contributed by atoms with Gasteiger partial charge in [0, 0.05) is 0 Å². The predicted molar refractivity (Wildman–Crippen MR) is 51.7 cm³/mol. The monoisotopic (exact) mass is 234 g/mol. The summed E-state index contributed by atoms with van der Waals surface area (Å²) in [6.45, 7) is -1.39. The predicted octanol–water partition coefficient (Wildman–Crippen LogP) is 1.35. The van der Waals surface area contributed by atoms with E-state index in [9.17, 15) is 18.0 Å². The van der Waals surface area contributed by atoms with Crippen molar-refractivity contribution in [2.24, 2.45) is 0 Å². The molecule has 88 valence electrons. The van der Waals surface area contributed by atoms with E-state index < -0.39 is 18.8 Å². The van der Waals surface area contributed by atoms with Crippen LogP contribution in [0.4, 0.5) is 29.5 Å². The molecule has 0 unspecified atom stereocenters. The normalized spacial score (nSPS) is 10.9. The third-order valence-corrected chi connectivity index (χ3v) is 1.49. The summed E-state index contributed by atoms with van der Waals surface area (Å²) in [6, 6.07) is 1.89. The van der Waals surface area contributed by atoms with Crippen LogP contribution in [0.3, 0.4) is 0 Å². The summed E-state index contributed by atoms with van der Waals surface area (Å²) in [6.07, 6.45) is -3.20. The summed E-state index contributed by atoms with van der Waals surface area (Å²) < 4.78 is 35.2. The molecule has 0 aromatic carbocycles. The third-order valence-electron chi connectivity index (χ3n) is 1.49. The fourth-order valence-corrected chi connectivity index (χ4v) is 0.835. The first kappa shape index (κ1) is 12.1. The van der Waals surface area contributed by atoms with Crippen molar-refractivity contribution >= 4 is 17.5 Å². The van der Waals surface area contributed by atoms with Crippen molar-refractivity contribution in [3.63, 3.8) is 0 Å². The van der Waals surface area contributed by atoms with Crippen LogP contribution < -0.4 is 16.4 Å². The highest BCUT2D eigenvalue weighted by Crippen LogP contribution is 2.12. The van der Waals surface area contributed by atoms with E-state index in [0.29, 0.717) is 0 Å². The Morgan fingerprint density at radius 2 is 2.12 bits per heavy atom. The van der Waals surface area contributed by atoms with Gasteiger partial charge in [-0.05, 0) is 12.1 Å². The molecule has 0 atom stereocenters. The average molecular weight is 234 g/mol. The lowest BCUT2D eigenvalue weighted by Crippen LogP contribution is -2.36. The van der Waals surface area contributed by atoms with Gasteiger partial charge in [-0.2, -0.15) is 13.2 Å². The quantitative estimate of drug-likeness (QED) is 0.722. The van der Waals surface area contributed by atoms with Crippen molar-refractivity contribution in [2.45, 2.75) is 6.18 Å². The van der Waals surface area contributed by atoms with Crippen molar-refractivity contribution < 1.29 is 18.0 Å². The Morgan fingerprint density at radius 1 is 1.44 bits per heavy atom. The summed E-state index contributed by atoms with van der Waals surface area (Å²) >= 11 is 0. The lowest BCUT2D eigenvalue weighted by molar-refractivity contribution is -0.122. The molecule has 0 aliphatic carbocycles. The highest BCUT2D eigenvalue weighted by Gasteiger charge is 2.27. The summed E-state index contributed by atoms with van der Waals surface area (Å²) in [5.74, 6) is 0.251. The minimum Gasteiger partial charge on any atom is -0.384 e. The van der Waals surface area contributed by atoms with Gasteiger partial charge in [-0.15, -0.1) is 0 Å². The number of alkyl halides is 3. The number of pyridine rings is 1. The minimum atomic E-state index is -4.43. The fraction of sp³-hybridized carbons (Fsp3) is 0.250. The van der Waals surface area contributed by atoms with Crippen molar-refractivity contribution in [1.82, 2.24) is 10.3 Å². The van der Waals surface area contributed by atoms with Crippen LogP contribution in [-0.2, 0) is 0 Å². The van der Waals surface area contributed by atoms with Crippen LogP contribution in [0.5, 0.6) is 0 Å². The number of nitrogen functional groups attached to an aromatic ring is 1. The Hall–Kier alpha value is -1.99. The number of aromatic nitrogens is 1. The SMILES string of the molecule is Nc1ccc(NC(=O)NCC(F)(F)F)cn1. The topological polar surface area (TPSA) is 80.0 Å². The van der Waals surface area contributed by atoms with Gasteiger partial charge in [-0.25, -0.2) is 9.78 Å². The van der Waals surface area contributed by atoms with Crippen LogP contribution in [0.15, 0.2) is 18.3 Å². The Kier molecular flexibility index (Phi) is 3.54. The number of anilines is 2. The first-order valence-corrected chi connectivity index (χ1v) is 4.20. The van der Waals surface area contributed by atoms with Crippen LogP contribution in [-0.4, -0.2) is 23.7 Å². The number of carbonyl (C=O) groups excluding carboxylic acids is 1. The highest BCUT2D eigenvalue weighted by atomic mass is 19.4. The van der Waals surface area contributed by atoms with E-state index in [1.54, 1.807) is 5.32 Å². The molecule has 0 bridgehead atoms. The van der Waals surface area contributed by atoms with E-state index in [4.69, 9.17) is 5.73 Å². The fourth-order valence-electron chi connectivity index (χ4n) is 0.835. The average Bonchev–Trinajstić information content (AvgIpc) is 2.18. The zero-order valence-corrected chi connectivity index (χ0v) is 8.01. The molecular formula is C8H9F3N4O. The maximum absolute atomic E-state index is 11.7. The van der Waals surface area contributed by atoms with Gasteiger partial charge in [-0.1, -0.05) is 0 Å². The summed E-state index contributed by atoms with van der Waals surface area (Å²) in [7, 11) is 0. The molecule has 1 aromatic rings. The summed E-state index contributed by atoms with van der Waals surface area (Å²) in [5, 5.41) is 3.83. The van der Waals surface area contributed by atoms with E-state index in [1.165, 1.54) is 18.3 Å². The van der Waals surface area contributed by atoms with Crippen LogP contribution in [0.25, 0.3) is 0 Å². The van der Waals surface area contributed by atoms with Crippen molar-refractivity contribution in [3.8, 4) is 0 Å². The van der Waals surface area contributed by atoms with Gasteiger partial charge in [0.05, 0.1) is 11.9 Å². The maximum Gasteiger partial charge on any atom is 0.405 e. The molecule has 0 aliphatic rings. The summed E-state index contributed by atoms with van der Waals surface area (Å²) in [4.78, 5) is 14.6. The Labute approximate surface area is 88.8 Å². The zero-order valence-electron chi connectivity index (χ0n) is 8.01. The van der Waals surface area contributed by atoms with Crippen LogP contribution in [0, 0.1) is 0 Å². The minimum absolute atomic E-state index is 0.251. The van der Waals surface area contributed by atoms with Crippen LogP contribution >= 0.6 is 0 Å². The number of halogens is 3. The second-order valence-corrected chi connectivity index (χ2v) is 2.89. The molecule has 1 rings (SSSR count). The van der Waals surface area contributed by atoms with Gasteiger partial charge in [0.2, 0.25) is 0 Å². The van der Waals surface area contributed by atoms with E-state index in [1.807, 2.05) is 0 Å². The molecule has 1 heterocycles. The molecule has 0 saturated heterocycles. The molecule has 16 heavy (non-hydrogen) atoms. The highest BCUT2D eigenvalue weighted by molar-refractivity contribution is 5.89. The Bertz CT molecular complexity index is 363. The van der Waals surface area contributed by atoms with Gasteiger partial charge in [-0.3, -0.25) is 0 Å². The Balaban J connectivity index is 2.43. The number of carbonyl (C=O) groups is 1. The van der Waals surface area contributed by atoms with E-state index in [0.717, 1.165) is 0 Å². The number of rotatable bonds is 2. The molecule has 4 N–H and O–H groups in total. The second-order valence-electron chi connectivity index (χ2n) is 2.89. The van der Waals surface area contributed by atoms with Gasteiger partial charge >= 0.3 is 12.2 Å². The molecule has 0 aliphatic heterocycles. The molecule has 1 aromatic heterocycles. The number of amides is 2. The maximum atomic E-state index is 11.7. The van der Waals surface area contributed by atoms with E-state index in [2.05, 4.69) is 10.3 Å². The second kappa shape index (κ2) is 4.69. The molecule has 0 saturated carbocycles. The van der Waals surface area contributed by atoms with Gasteiger partial charge in [0.15, 0.2) is 0 Å². The number of nitrogens with zero attached hydrogens (tertiary/aromatic N) is 1. The van der Waals surface area contributed by atoms with Crippen LogP contribution in [0.1, 0.15) is 0 Å². The van der Waals surface area contributed by atoms with Crippen molar-refractivity contribution in [1.29, 1.82) is 0 Å². The smallest absolute Gasteiger partial charge is 0.384 e. The molecule has 5 nitrogen and oxygen atoms in total. The number of hydrogen-bond donors (Lipinski definition) is 3. The first-order chi connectivity index (χ1) is 7.37. The van der Waals surface area contributed by atoms with Gasteiger partial charge in [0.1, 0.15) is 12.4 Å². The molecule has 8 heteroatoms. The lowest BCUT2D eigenvalue weighted by Gasteiger charge is -2.09. The number of nitrogens with one attached hydrogen (secondary N) is 2. The molecule has 2 amide bonds. The lowest BCUT2D eigenvalue weighted by atomic mass is 10.4. The van der Waals surface area contributed by atoms with E-state index in [-0.39, 0.29) is 11.5 Å². The Morgan fingerprint density at radius 3 is 2.62 bits per heavy atom. The van der Waals surface area contributed by atoms with E-state index >= 15 is 0 Å². The number of hydrogen-bond acceptors (Lipinski definition) is 3. The van der Waals surface area contributed by atoms with Gasteiger partial charge < -0.3 is 16.4 Å². The first-order valence-electron chi connectivity index (χ1n) is 4.20. The molecule has 0 fully saturated rings. The van der Waals surface area contributed by atoms with Crippen LogP contribution in [0.2, 0.25) is 0 Å². The largest absolute Gasteiger partial charge is 0.405 e. The third kappa shape index (κ3) is 4.49. The summed E-state index contributed by atoms with van der Waals surface area (Å²) in [5.41, 5.74) is 5.54. The standard InChI is InChI=1S/C8H9F3N4O/c9-8(10,11)4-14-7(16)15-5-1-2-6(12)13-3-5/h1-3H,4H2,(H2,12,13)(H2,14,15,16). The van der Waals surface area contributed by atoms with Crippen molar-refractivity contribution in [2.75, 3.05) is 17.6 Å². The molecular weight excluding hydrogens is 225 g/mol. The number of nitrogens with two attached hydrogens (primary N) is 1. The number of urea groups is 1. The van der Waals surface area contributed by atoms with Crippen molar-refractivity contribution in [3.05, 3.63) is 18.3 Å².